The third kappa shape index (κ3) is 4.59. The highest BCUT2D eigenvalue weighted by molar-refractivity contribution is 6.04. The van der Waals surface area contributed by atoms with E-state index in [2.05, 4.69) is 5.32 Å². The third-order valence-electron chi connectivity index (χ3n) is 6.74. The number of hydrogen-bond donors (Lipinski definition) is 1. The van der Waals surface area contributed by atoms with E-state index in [1.165, 1.54) is 0 Å². The summed E-state index contributed by atoms with van der Waals surface area (Å²) in [7, 11) is 0. The van der Waals surface area contributed by atoms with Gasteiger partial charge in [-0.25, -0.2) is 4.79 Å². The van der Waals surface area contributed by atoms with Crippen molar-refractivity contribution < 1.29 is 23.5 Å². The molecule has 5 rings (SSSR count). The summed E-state index contributed by atoms with van der Waals surface area (Å²) in [6, 6.07) is 20.9. The molecule has 1 aliphatic carbocycles. The van der Waals surface area contributed by atoms with E-state index in [0.29, 0.717) is 42.0 Å². The highest BCUT2D eigenvalue weighted by atomic mass is 16.5. The first-order valence-corrected chi connectivity index (χ1v) is 12.3. The first-order valence-electron chi connectivity index (χ1n) is 12.3. The maximum atomic E-state index is 13.7. The molecule has 184 valence electrons. The van der Waals surface area contributed by atoms with Crippen LogP contribution in [0.4, 0.5) is 0 Å². The fourth-order valence-corrected chi connectivity index (χ4v) is 5.15. The summed E-state index contributed by atoms with van der Waals surface area (Å²) >= 11 is 0. The number of ketones is 1. The third-order valence-corrected chi connectivity index (χ3v) is 6.74. The molecule has 0 radical (unpaired) electrons. The number of ether oxygens (including phenoxy) is 2. The zero-order valence-electron chi connectivity index (χ0n) is 20.5. The van der Waals surface area contributed by atoms with E-state index in [4.69, 9.17) is 13.9 Å². The predicted molar refractivity (Wildman–Crippen MR) is 135 cm³/mol. The molecule has 6 heteroatoms. The van der Waals surface area contributed by atoms with Crippen molar-refractivity contribution in [2.24, 2.45) is 0 Å². The van der Waals surface area contributed by atoms with Crippen LogP contribution in [0.15, 0.2) is 100.0 Å². The molecule has 36 heavy (non-hydrogen) atoms. The highest BCUT2D eigenvalue weighted by Crippen LogP contribution is 2.47. The molecule has 0 fully saturated rings. The van der Waals surface area contributed by atoms with Crippen molar-refractivity contribution in [1.82, 2.24) is 5.32 Å². The molecule has 2 atom stereocenters. The molecule has 1 aromatic heterocycles. The maximum Gasteiger partial charge on any atom is 0.337 e. The predicted octanol–water partition coefficient (Wildman–Crippen LogP) is 5.78. The summed E-state index contributed by atoms with van der Waals surface area (Å²) in [5.74, 6) is 0.340. The van der Waals surface area contributed by atoms with Crippen LogP contribution >= 0.6 is 0 Å². The summed E-state index contributed by atoms with van der Waals surface area (Å²) in [4.78, 5) is 27.2. The molecule has 0 saturated heterocycles. The Bertz CT molecular complexity index is 1320. The Balaban J connectivity index is 1.55. The van der Waals surface area contributed by atoms with E-state index in [0.717, 1.165) is 22.6 Å². The standard InChI is InChI=1S/C30H29NO5/c1-3-34-26-13-8-7-12-22(26)28-27(30(33)36-18-20-10-5-4-6-11-20)19(2)31-23-16-21(17-24(32)29(23)28)25-14-9-15-35-25/h4-15,21,28,31H,3,16-18H2,1-2H3/t21-,28-/m0/s1. The van der Waals surface area contributed by atoms with Crippen LogP contribution in [0.2, 0.25) is 0 Å². The smallest absolute Gasteiger partial charge is 0.337 e. The second kappa shape index (κ2) is 10.3. The summed E-state index contributed by atoms with van der Waals surface area (Å²) in [6.07, 6.45) is 2.56. The highest BCUT2D eigenvalue weighted by Gasteiger charge is 2.42. The van der Waals surface area contributed by atoms with Gasteiger partial charge in [0.25, 0.3) is 0 Å². The normalized spacial score (nSPS) is 19.6. The van der Waals surface area contributed by atoms with Gasteiger partial charge in [0.15, 0.2) is 5.78 Å². The number of benzene rings is 2. The maximum absolute atomic E-state index is 13.7. The number of hydrogen-bond acceptors (Lipinski definition) is 6. The minimum Gasteiger partial charge on any atom is -0.494 e. The quantitative estimate of drug-likeness (QED) is 0.429. The van der Waals surface area contributed by atoms with Crippen molar-refractivity contribution in [2.75, 3.05) is 6.61 Å². The molecule has 1 aliphatic heterocycles. The van der Waals surface area contributed by atoms with Gasteiger partial charge in [-0.05, 0) is 44.0 Å². The SMILES string of the molecule is CCOc1ccccc1[C@H]1C(C(=O)OCc2ccccc2)=C(C)NC2=C1C(=O)C[C@@H](c1ccco1)C2. The van der Waals surface area contributed by atoms with Crippen molar-refractivity contribution >= 4 is 11.8 Å². The second-order valence-electron chi connectivity index (χ2n) is 9.07. The summed E-state index contributed by atoms with van der Waals surface area (Å²) in [6.45, 7) is 4.40. The van der Waals surface area contributed by atoms with Gasteiger partial charge in [0.05, 0.1) is 24.4 Å². The monoisotopic (exact) mass is 483 g/mol. The number of nitrogens with one attached hydrogen (secondary N) is 1. The Morgan fingerprint density at radius 2 is 1.81 bits per heavy atom. The molecule has 0 bridgehead atoms. The van der Waals surface area contributed by atoms with Crippen LogP contribution in [0.3, 0.4) is 0 Å². The molecule has 2 heterocycles. The van der Waals surface area contributed by atoms with E-state index < -0.39 is 11.9 Å². The van der Waals surface area contributed by atoms with Gasteiger partial charge in [0.2, 0.25) is 0 Å². The molecule has 0 amide bonds. The van der Waals surface area contributed by atoms with Crippen LogP contribution in [0, 0.1) is 0 Å². The second-order valence-corrected chi connectivity index (χ2v) is 9.07. The number of furan rings is 1. The Kier molecular flexibility index (Phi) is 6.76. The Labute approximate surface area is 210 Å². The molecule has 0 unspecified atom stereocenters. The average molecular weight is 484 g/mol. The summed E-state index contributed by atoms with van der Waals surface area (Å²) in [5.41, 5.74) is 4.21. The van der Waals surface area contributed by atoms with Gasteiger partial charge < -0.3 is 19.2 Å². The van der Waals surface area contributed by atoms with Crippen LogP contribution in [-0.4, -0.2) is 18.4 Å². The number of dihydropyridines is 1. The zero-order chi connectivity index (χ0) is 25.1. The van der Waals surface area contributed by atoms with Gasteiger partial charge in [-0.15, -0.1) is 0 Å². The van der Waals surface area contributed by atoms with E-state index in [1.807, 2.05) is 80.6 Å². The van der Waals surface area contributed by atoms with E-state index in [9.17, 15) is 9.59 Å². The lowest BCUT2D eigenvalue weighted by molar-refractivity contribution is -0.140. The van der Waals surface area contributed by atoms with Crippen molar-refractivity contribution in [1.29, 1.82) is 0 Å². The topological polar surface area (TPSA) is 77.8 Å². The van der Waals surface area contributed by atoms with E-state index in [-0.39, 0.29) is 18.3 Å². The van der Waals surface area contributed by atoms with Crippen molar-refractivity contribution in [3.63, 3.8) is 0 Å². The minimum absolute atomic E-state index is 0.0117. The van der Waals surface area contributed by atoms with Crippen molar-refractivity contribution in [2.45, 2.75) is 45.1 Å². The fraction of sp³-hybridized carbons (Fsp3) is 0.267. The largest absolute Gasteiger partial charge is 0.494 e. The molecular weight excluding hydrogens is 454 g/mol. The van der Waals surface area contributed by atoms with Gasteiger partial charge in [-0.2, -0.15) is 0 Å². The van der Waals surface area contributed by atoms with Crippen LogP contribution < -0.4 is 10.1 Å². The van der Waals surface area contributed by atoms with Crippen LogP contribution in [-0.2, 0) is 20.9 Å². The molecular formula is C30H29NO5. The van der Waals surface area contributed by atoms with E-state index >= 15 is 0 Å². The van der Waals surface area contributed by atoms with Crippen molar-refractivity contribution in [3.8, 4) is 5.75 Å². The fourth-order valence-electron chi connectivity index (χ4n) is 5.15. The van der Waals surface area contributed by atoms with Crippen molar-refractivity contribution in [3.05, 3.63) is 112 Å². The molecule has 1 N–H and O–H groups in total. The van der Waals surface area contributed by atoms with Gasteiger partial charge in [-0.3, -0.25) is 4.79 Å². The van der Waals surface area contributed by atoms with Crippen LogP contribution in [0.25, 0.3) is 0 Å². The Morgan fingerprint density at radius 1 is 1.03 bits per heavy atom. The lowest BCUT2D eigenvalue weighted by atomic mass is 9.72. The summed E-state index contributed by atoms with van der Waals surface area (Å²) in [5, 5.41) is 3.38. The number of carbonyl (C=O) groups excluding carboxylic acids is 2. The Morgan fingerprint density at radius 3 is 2.56 bits per heavy atom. The van der Waals surface area contributed by atoms with Gasteiger partial charge >= 0.3 is 5.97 Å². The van der Waals surface area contributed by atoms with Gasteiger partial charge in [-0.1, -0.05) is 48.5 Å². The number of para-hydroxylation sites is 1. The number of carbonyl (C=O) groups is 2. The molecule has 3 aromatic rings. The van der Waals surface area contributed by atoms with E-state index in [1.54, 1.807) is 6.26 Å². The molecule has 0 spiro atoms. The Hall–Kier alpha value is -4.06. The van der Waals surface area contributed by atoms with Crippen LogP contribution in [0.1, 0.15) is 55.4 Å². The minimum atomic E-state index is -0.586. The first-order chi connectivity index (χ1) is 17.6. The molecule has 0 saturated carbocycles. The number of esters is 1. The number of Topliss-reactive ketones (excluding diaryl/α,β-unsaturated/α-hetero) is 1. The summed E-state index contributed by atoms with van der Waals surface area (Å²) < 4.78 is 17.3. The molecule has 2 aromatic carbocycles. The number of rotatable bonds is 7. The first kappa shape index (κ1) is 23.7. The van der Waals surface area contributed by atoms with Crippen LogP contribution in [0.5, 0.6) is 5.75 Å². The number of allylic oxidation sites excluding steroid dienone is 3. The molecule has 6 nitrogen and oxygen atoms in total. The average Bonchev–Trinajstić information content (AvgIpc) is 3.43. The lowest BCUT2D eigenvalue weighted by Gasteiger charge is -2.36. The zero-order valence-corrected chi connectivity index (χ0v) is 20.5. The van der Waals surface area contributed by atoms with Gasteiger partial charge in [0.1, 0.15) is 18.1 Å². The molecule has 2 aliphatic rings. The van der Waals surface area contributed by atoms with Gasteiger partial charge in [0, 0.05) is 34.9 Å². The lowest BCUT2D eigenvalue weighted by Crippen LogP contribution is -2.36.